The van der Waals surface area contributed by atoms with Crippen LogP contribution in [0.15, 0.2) is 0 Å². The summed E-state index contributed by atoms with van der Waals surface area (Å²) in [5, 5.41) is 5.31. The molecule has 0 bridgehead atoms. The molecule has 0 aliphatic carbocycles. The molecule has 2 heterocycles. The molecule has 0 aromatic heterocycles. The van der Waals surface area contributed by atoms with Crippen molar-refractivity contribution in [1.29, 1.82) is 0 Å². The van der Waals surface area contributed by atoms with Crippen molar-refractivity contribution in [3.8, 4) is 0 Å². The Morgan fingerprint density at radius 1 is 1.47 bits per heavy atom. The molecule has 2 fully saturated rings. The summed E-state index contributed by atoms with van der Waals surface area (Å²) in [6.07, 6.45) is 1.91. The van der Waals surface area contributed by atoms with Crippen molar-refractivity contribution in [2.24, 2.45) is 5.73 Å². The van der Waals surface area contributed by atoms with E-state index in [9.17, 15) is 9.59 Å². The van der Waals surface area contributed by atoms with Crippen molar-refractivity contribution in [2.75, 3.05) is 19.7 Å². The largest absolute Gasteiger partial charge is 0.372 e. The van der Waals surface area contributed by atoms with E-state index < -0.39 is 18.0 Å². The molecule has 2 aliphatic rings. The first kappa shape index (κ1) is 14.2. The quantitative estimate of drug-likeness (QED) is 0.642. The minimum Gasteiger partial charge on any atom is -0.372 e. The van der Waals surface area contributed by atoms with Crippen LogP contribution in [0.2, 0.25) is 0 Å². The van der Waals surface area contributed by atoms with Crippen LogP contribution in [-0.2, 0) is 14.3 Å². The highest BCUT2D eigenvalue weighted by atomic mass is 16.6. The Kier molecular flexibility index (Phi) is 4.38. The fourth-order valence-corrected chi connectivity index (χ4v) is 2.69. The van der Waals surface area contributed by atoms with Gasteiger partial charge in [0.25, 0.3) is 5.91 Å². The van der Waals surface area contributed by atoms with Crippen molar-refractivity contribution in [1.82, 2.24) is 10.6 Å². The van der Waals surface area contributed by atoms with Crippen LogP contribution in [0.4, 0.5) is 4.79 Å². The van der Waals surface area contributed by atoms with E-state index in [2.05, 4.69) is 5.32 Å². The summed E-state index contributed by atoms with van der Waals surface area (Å²) in [4.78, 5) is 22.1. The first-order valence-electron chi connectivity index (χ1n) is 6.61. The minimum absolute atomic E-state index is 0.101. The molecule has 1 spiro atoms. The van der Waals surface area contributed by atoms with E-state index in [1.807, 2.05) is 5.32 Å². The molecule has 0 radical (unpaired) electrons. The number of piperidine rings is 1. The third kappa shape index (κ3) is 3.65. The molecule has 108 valence electrons. The average molecular weight is 271 g/mol. The highest BCUT2D eigenvalue weighted by Crippen LogP contribution is 2.35. The van der Waals surface area contributed by atoms with Gasteiger partial charge in [-0.2, -0.15) is 0 Å². The number of ether oxygens (including phenoxy) is 2. The molecule has 2 atom stereocenters. The molecule has 2 rings (SSSR count). The number of nitrogens with one attached hydrogen (secondary N) is 2. The number of primary amides is 1. The van der Waals surface area contributed by atoms with Crippen LogP contribution in [0.5, 0.6) is 0 Å². The third-order valence-electron chi connectivity index (χ3n) is 3.70. The van der Waals surface area contributed by atoms with Gasteiger partial charge < -0.3 is 20.5 Å². The van der Waals surface area contributed by atoms with Crippen molar-refractivity contribution in [3.05, 3.63) is 0 Å². The average Bonchev–Trinajstić information content (AvgIpc) is 2.72. The number of urea groups is 1. The first-order valence-corrected chi connectivity index (χ1v) is 6.61. The van der Waals surface area contributed by atoms with Gasteiger partial charge in [-0.15, -0.1) is 0 Å². The maximum Gasteiger partial charge on any atom is 0.318 e. The van der Waals surface area contributed by atoms with Crippen molar-refractivity contribution >= 4 is 11.9 Å². The molecular formula is C12H21N3O4. The SMILES string of the molecule is CC(OC1COC2(CCNCC2)C1)C(=O)NC(N)=O. The molecule has 2 aliphatic heterocycles. The Morgan fingerprint density at radius 2 is 2.16 bits per heavy atom. The summed E-state index contributed by atoms with van der Waals surface area (Å²) < 4.78 is 11.5. The van der Waals surface area contributed by atoms with Gasteiger partial charge in [-0.05, 0) is 32.9 Å². The molecule has 7 heteroatoms. The summed E-state index contributed by atoms with van der Waals surface area (Å²) in [6.45, 7) is 3.99. The van der Waals surface area contributed by atoms with Crippen LogP contribution in [0.3, 0.4) is 0 Å². The van der Waals surface area contributed by atoms with Crippen molar-refractivity contribution in [2.45, 2.75) is 44.0 Å². The van der Waals surface area contributed by atoms with Gasteiger partial charge in [-0.25, -0.2) is 4.79 Å². The van der Waals surface area contributed by atoms with E-state index in [1.165, 1.54) is 0 Å². The number of hydrogen-bond acceptors (Lipinski definition) is 5. The number of imide groups is 1. The number of amides is 3. The van der Waals surface area contributed by atoms with Crippen LogP contribution >= 0.6 is 0 Å². The normalized spacial score (nSPS) is 27.1. The zero-order chi connectivity index (χ0) is 13.9. The predicted molar refractivity (Wildman–Crippen MR) is 67.5 cm³/mol. The van der Waals surface area contributed by atoms with Crippen LogP contribution in [0.25, 0.3) is 0 Å². The second-order valence-electron chi connectivity index (χ2n) is 5.20. The van der Waals surface area contributed by atoms with Gasteiger partial charge in [0.05, 0.1) is 18.3 Å². The zero-order valence-corrected chi connectivity index (χ0v) is 11.1. The number of carbonyl (C=O) groups is 2. The van der Waals surface area contributed by atoms with Crippen molar-refractivity contribution < 1.29 is 19.1 Å². The fourth-order valence-electron chi connectivity index (χ4n) is 2.69. The van der Waals surface area contributed by atoms with Crippen LogP contribution in [0.1, 0.15) is 26.2 Å². The molecule has 0 aromatic rings. The summed E-state index contributed by atoms with van der Waals surface area (Å²) in [7, 11) is 0. The number of hydrogen-bond donors (Lipinski definition) is 3. The smallest absolute Gasteiger partial charge is 0.318 e. The van der Waals surface area contributed by atoms with E-state index in [0.717, 1.165) is 32.4 Å². The Labute approximate surface area is 112 Å². The monoisotopic (exact) mass is 271 g/mol. The van der Waals surface area contributed by atoms with Gasteiger partial charge in [-0.3, -0.25) is 10.1 Å². The lowest BCUT2D eigenvalue weighted by Crippen LogP contribution is -2.43. The molecule has 2 saturated heterocycles. The summed E-state index contributed by atoms with van der Waals surface area (Å²) in [6, 6.07) is -0.863. The van der Waals surface area contributed by atoms with Crippen molar-refractivity contribution in [3.63, 3.8) is 0 Å². The number of carbonyl (C=O) groups excluding carboxylic acids is 2. The van der Waals surface area contributed by atoms with Crippen LogP contribution in [-0.4, -0.2) is 49.4 Å². The minimum atomic E-state index is -0.863. The molecule has 4 N–H and O–H groups in total. The third-order valence-corrected chi connectivity index (χ3v) is 3.70. The molecular weight excluding hydrogens is 250 g/mol. The van der Waals surface area contributed by atoms with Gasteiger partial charge >= 0.3 is 6.03 Å². The molecule has 7 nitrogen and oxygen atoms in total. The lowest BCUT2D eigenvalue weighted by molar-refractivity contribution is -0.134. The second kappa shape index (κ2) is 5.85. The Bertz CT molecular complexity index is 355. The second-order valence-corrected chi connectivity index (χ2v) is 5.20. The van der Waals surface area contributed by atoms with Crippen LogP contribution < -0.4 is 16.4 Å². The van der Waals surface area contributed by atoms with Gasteiger partial charge in [0.15, 0.2) is 0 Å². The summed E-state index contributed by atoms with van der Waals surface area (Å²) >= 11 is 0. The number of nitrogens with two attached hydrogens (primary N) is 1. The highest BCUT2D eigenvalue weighted by molar-refractivity contribution is 5.95. The molecule has 3 amide bonds. The maximum absolute atomic E-state index is 11.5. The molecule has 19 heavy (non-hydrogen) atoms. The van der Waals surface area contributed by atoms with Gasteiger partial charge in [0.1, 0.15) is 6.10 Å². The fraction of sp³-hybridized carbons (Fsp3) is 0.833. The van der Waals surface area contributed by atoms with Gasteiger partial charge in [0, 0.05) is 6.42 Å². The molecule has 0 saturated carbocycles. The van der Waals surface area contributed by atoms with Gasteiger partial charge in [0.2, 0.25) is 0 Å². The maximum atomic E-state index is 11.5. The van der Waals surface area contributed by atoms with E-state index in [4.69, 9.17) is 15.2 Å². The Hall–Kier alpha value is -1.18. The van der Waals surface area contributed by atoms with E-state index >= 15 is 0 Å². The predicted octanol–water partition coefficient (Wildman–Crippen LogP) is -0.502. The summed E-state index contributed by atoms with van der Waals surface area (Å²) in [5.41, 5.74) is 4.79. The van der Waals surface area contributed by atoms with E-state index in [0.29, 0.717) is 6.61 Å². The van der Waals surface area contributed by atoms with Crippen LogP contribution in [0, 0.1) is 0 Å². The van der Waals surface area contributed by atoms with E-state index in [1.54, 1.807) is 6.92 Å². The highest BCUT2D eigenvalue weighted by Gasteiger charge is 2.42. The zero-order valence-electron chi connectivity index (χ0n) is 11.1. The lowest BCUT2D eigenvalue weighted by atomic mass is 9.89. The standard InChI is InChI=1S/C12H21N3O4/c1-8(10(16)15-11(13)17)19-9-6-12(18-7-9)2-4-14-5-3-12/h8-9,14H,2-7H2,1H3,(H3,13,15,16,17). The summed E-state index contributed by atoms with van der Waals surface area (Å²) in [5.74, 6) is -0.515. The Balaban J connectivity index is 1.81. The Morgan fingerprint density at radius 3 is 2.79 bits per heavy atom. The molecule has 0 aromatic carbocycles. The van der Waals surface area contributed by atoms with E-state index in [-0.39, 0.29) is 11.7 Å². The number of rotatable bonds is 3. The lowest BCUT2D eigenvalue weighted by Gasteiger charge is -2.32. The molecule has 2 unspecified atom stereocenters. The first-order chi connectivity index (χ1) is 9.01. The topological polar surface area (TPSA) is 103 Å². The van der Waals surface area contributed by atoms with Gasteiger partial charge in [-0.1, -0.05) is 0 Å².